The average molecular weight is 254 g/mol. The molecule has 0 saturated carbocycles. The lowest BCUT2D eigenvalue weighted by molar-refractivity contribution is 0.559. The van der Waals surface area contributed by atoms with Gasteiger partial charge in [-0.2, -0.15) is 0 Å². The van der Waals surface area contributed by atoms with E-state index in [4.69, 9.17) is 0 Å². The van der Waals surface area contributed by atoms with Crippen LogP contribution in [0.15, 0.2) is 30.3 Å². The molecule has 1 aromatic rings. The molecule has 1 fully saturated rings. The smallest absolute Gasteiger partial charge is 0.212 e. The maximum Gasteiger partial charge on any atom is 0.212 e. The summed E-state index contributed by atoms with van der Waals surface area (Å²) < 4.78 is 26.4. The second kappa shape index (κ2) is 5.62. The Morgan fingerprint density at radius 1 is 1.29 bits per heavy atom. The zero-order valence-electron chi connectivity index (χ0n) is 9.72. The molecular weight excluding hydrogens is 236 g/mol. The lowest BCUT2D eigenvalue weighted by atomic mass is 10.2. The van der Waals surface area contributed by atoms with Crippen molar-refractivity contribution in [1.29, 1.82) is 0 Å². The molecule has 0 unspecified atom stereocenters. The van der Waals surface area contributed by atoms with Crippen LogP contribution in [0.2, 0.25) is 0 Å². The van der Waals surface area contributed by atoms with Crippen molar-refractivity contribution in [3.8, 4) is 0 Å². The normalized spacial score (nSPS) is 20.6. The zero-order valence-corrected chi connectivity index (χ0v) is 10.5. The van der Waals surface area contributed by atoms with Crippen molar-refractivity contribution < 1.29 is 8.42 Å². The molecule has 5 heteroatoms. The monoisotopic (exact) mass is 254 g/mol. The number of hydrogen-bond acceptors (Lipinski definition) is 3. The van der Waals surface area contributed by atoms with Crippen LogP contribution >= 0.6 is 0 Å². The van der Waals surface area contributed by atoms with Gasteiger partial charge in [0.05, 0.1) is 5.75 Å². The fourth-order valence-electron chi connectivity index (χ4n) is 1.96. The van der Waals surface area contributed by atoms with E-state index in [0.29, 0.717) is 6.42 Å². The topological polar surface area (TPSA) is 58.2 Å². The van der Waals surface area contributed by atoms with Crippen molar-refractivity contribution >= 4 is 10.0 Å². The summed E-state index contributed by atoms with van der Waals surface area (Å²) in [6.07, 6.45) is 1.45. The lowest BCUT2D eigenvalue weighted by Gasteiger charge is -2.11. The van der Waals surface area contributed by atoms with E-state index in [1.54, 1.807) is 0 Å². The molecule has 2 rings (SSSR count). The van der Waals surface area contributed by atoms with Gasteiger partial charge in [-0.3, -0.25) is 0 Å². The van der Waals surface area contributed by atoms with E-state index in [-0.39, 0.29) is 11.8 Å². The molecular formula is C12H18N2O2S. The van der Waals surface area contributed by atoms with Crippen molar-refractivity contribution in [2.45, 2.75) is 18.9 Å². The Kier molecular flexibility index (Phi) is 4.15. The van der Waals surface area contributed by atoms with Crippen LogP contribution in [0.5, 0.6) is 0 Å². The van der Waals surface area contributed by atoms with E-state index in [0.717, 1.165) is 25.1 Å². The summed E-state index contributed by atoms with van der Waals surface area (Å²) in [4.78, 5) is 0. The van der Waals surface area contributed by atoms with Gasteiger partial charge in [0.25, 0.3) is 0 Å². The molecule has 17 heavy (non-hydrogen) atoms. The van der Waals surface area contributed by atoms with Gasteiger partial charge in [-0.15, -0.1) is 0 Å². The van der Waals surface area contributed by atoms with Gasteiger partial charge in [-0.05, 0) is 24.9 Å². The number of rotatable bonds is 5. The third-order valence-corrected chi connectivity index (χ3v) is 4.34. The summed E-state index contributed by atoms with van der Waals surface area (Å²) in [5.74, 6) is 0.160. The molecule has 0 bridgehead atoms. The van der Waals surface area contributed by atoms with E-state index in [1.165, 1.54) is 0 Å². The Labute approximate surface area is 102 Å². The van der Waals surface area contributed by atoms with Crippen molar-refractivity contribution in [2.24, 2.45) is 0 Å². The highest BCUT2D eigenvalue weighted by atomic mass is 32.2. The Morgan fingerprint density at radius 2 is 2.06 bits per heavy atom. The first kappa shape index (κ1) is 12.5. The molecule has 0 amide bonds. The first-order valence-electron chi connectivity index (χ1n) is 5.90. The number of hydrogen-bond donors (Lipinski definition) is 2. The highest BCUT2D eigenvalue weighted by Crippen LogP contribution is 2.04. The molecule has 1 aromatic carbocycles. The van der Waals surface area contributed by atoms with Gasteiger partial charge in [0, 0.05) is 12.6 Å². The summed E-state index contributed by atoms with van der Waals surface area (Å²) in [5.41, 5.74) is 1.06. The van der Waals surface area contributed by atoms with Crippen LogP contribution in [0.25, 0.3) is 0 Å². The van der Waals surface area contributed by atoms with E-state index >= 15 is 0 Å². The van der Waals surface area contributed by atoms with Gasteiger partial charge in [0.2, 0.25) is 10.0 Å². The second-order valence-corrected chi connectivity index (χ2v) is 6.24. The predicted octanol–water partition coefficient (Wildman–Crippen LogP) is 0.510. The molecule has 0 radical (unpaired) electrons. The van der Waals surface area contributed by atoms with E-state index in [1.807, 2.05) is 30.3 Å². The highest BCUT2D eigenvalue weighted by Gasteiger charge is 2.20. The minimum atomic E-state index is -3.15. The Morgan fingerprint density at radius 3 is 2.71 bits per heavy atom. The van der Waals surface area contributed by atoms with E-state index in [9.17, 15) is 8.42 Å². The summed E-state index contributed by atoms with van der Waals surface area (Å²) in [5, 5.41) is 3.14. The zero-order chi connectivity index (χ0) is 12.1. The van der Waals surface area contributed by atoms with Crippen molar-refractivity contribution in [2.75, 3.05) is 18.8 Å². The third-order valence-electron chi connectivity index (χ3n) is 2.91. The molecule has 4 nitrogen and oxygen atoms in total. The lowest BCUT2D eigenvalue weighted by Crippen LogP contribution is -2.38. The summed E-state index contributed by atoms with van der Waals surface area (Å²) in [6.45, 7) is 1.64. The van der Waals surface area contributed by atoms with Crippen molar-refractivity contribution in [3.63, 3.8) is 0 Å². The fraction of sp³-hybridized carbons (Fsp3) is 0.500. The predicted molar refractivity (Wildman–Crippen MR) is 68.3 cm³/mol. The maximum atomic E-state index is 11.8. The van der Waals surface area contributed by atoms with Crippen molar-refractivity contribution in [1.82, 2.24) is 10.0 Å². The fourth-order valence-corrected chi connectivity index (χ4v) is 3.30. The van der Waals surface area contributed by atoms with Gasteiger partial charge in [0.15, 0.2) is 0 Å². The van der Waals surface area contributed by atoms with Crippen LogP contribution < -0.4 is 10.0 Å². The quantitative estimate of drug-likeness (QED) is 0.805. The molecule has 0 spiro atoms. The molecule has 1 aliphatic heterocycles. The summed E-state index contributed by atoms with van der Waals surface area (Å²) in [7, 11) is -3.15. The molecule has 1 saturated heterocycles. The van der Waals surface area contributed by atoms with Crippen LogP contribution in [0.1, 0.15) is 12.0 Å². The molecule has 1 atom stereocenters. The summed E-state index contributed by atoms with van der Waals surface area (Å²) >= 11 is 0. The third kappa shape index (κ3) is 4.11. The van der Waals surface area contributed by atoms with Gasteiger partial charge in [-0.1, -0.05) is 30.3 Å². The Hall–Kier alpha value is -0.910. The molecule has 2 N–H and O–H groups in total. The Bertz CT molecular complexity index is 439. The molecule has 1 aliphatic rings. The van der Waals surface area contributed by atoms with Crippen LogP contribution in [0.4, 0.5) is 0 Å². The standard InChI is InChI=1S/C12H18N2O2S/c15-17(16,14-12-6-8-13-10-12)9-7-11-4-2-1-3-5-11/h1-5,12-14H,6-10H2/t12-/m0/s1. The molecule has 0 aliphatic carbocycles. The molecule has 0 aromatic heterocycles. The van der Waals surface area contributed by atoms with Crippen LogP contribution in [0.3, 0.4) is 0 Å². The molecule has 94 valence electrons. The Balaban J connectivity index is 1.85. The number of nitrogens with one attached hydrogen (secondary N) is 2. The van der Waals surface area contributed by atoms with E-state index in [2.05, 4.69) is 10.0 Å². The highest BCUT2D eigenvalue weighted by molar-refractivity contribution is 7.89. The van der Waals surface area contributed by atoms with Crippen LogP contribution in [-0.2, 0) is 16.4 Å². The van der Waals surface area contributed by atoms with Gasteiger partial charge in [-0.25, -0.2) is 13.1 Å². The molecule has 1 heterocycles. The first-order valence-corrected chi connectivity index (χ1v) is 7.55. The van der Waals surface area contributed by atoms with E-state index < -0.39 is 10.0 Å². The number of sulfonamides is 1. The summed E-state index contributed by atoms with van der Waals surface area (Å²) in [6, 6.07) is 9.75. The largest absolute Gasteiger partial charge is 0.315 e. The number of aryl methyl sites for hydroxylation is 1. The maximum absolute atomic E-state index is 11.8. The first-order chi connectivity index (χ1) is 8.16. The number of benzene rings is 1. The minimum absolute atomic E-state index is 0.0655. The average Bonchev–Trinajstić information content (AvgIpc) is 2.80. The van der Waals surface area contributed by atoms with Gasteiger partial charge in [0.1, 0.15) is 0 Å². The SMILES string of the molecule is O=S(=O)(CCc1ccccc1)N[C@H]1CCNC1. The minimum Gasteiger partial charge on any atom is -0.315 e. The van der Waals surface area contributed by atoms with Crippen molar-refractivity contribution in [3.05, 3.63) is 35.9 Å². The van der Waals surface area contributed by atoms with Gasteiger partial charge < -0.3 is 5.32 Å². The van der Waals surface area contributed by atoms with Crippen LogP contribution in [-0.4, -0.2) is 33.3 Å². The van der Waals surface area contributed by atoms with Crippen LogP contribution in [0, 0.1) is 0 Å². The second-order valence-electron chi connectivity index (χ2n) is 4.36. The van der Waals surface area contributed by atoms with Gasteiger partial charge >= 0.3 is 0 Å².